The molecule has 2 rings (SSSR count). The van der Waals surface area contributed by atoms with Gasteiger partial charge in [0.1, 0.15) is 5.76 Å². The van der Waals surface area contributed by atoms with Crippen molar-refractivity contribution >= 4 is 0 Å². The summed E-state index contributed by atoms with van der Waals surface area (Å²) in [4.78, 5) is 2.36. The highest BCUT2D eigenvalue weighted by Crippen LogP contribution is 2.33. The van der Waals surface area contributed by atoms with Gasteiger partial charge in [0.25, 0.3) is 0 Å². The second-order valence-corrected chi connectivity index (χ2v) is 6.29. The van der Waals surface area contributed by atoms with Gasteiger partial charge in [-0.15, -0.1) is 0 Å². The van der Waals surface area contributed by atoms with E-state index in [0.29, 0.717) is 6.54 Å². The molecule has 2 heterocycles. The molecule has 0 radical (unpaired) electrons. The van der Waals surface area contributed by atoms with Crippen LogP contribution in [0, 0.1) is 0 Å². The summed E-state index contributed by atoms with van der Waals surface area (Å²) >= 11 is 0. The van der Waals surface area contributed by atoms with E-state index in [1.165, 1.54) is 0 Å². The average Bonchev–Trinajstić information content (AvgIpc) is 2.67. The smallest absolute Gasteiger partial charge is 0.122 e. The van der Waals surface area contributed by atoms with Gasteiger partial charge in [-0.2, -0.15) is 0 Å². The summed E-state index contributed by atoms with van der Waals surface area (Å²) in [6.07, 6.45) is 1.70. The van der Waals surface area contributed by atoms with Crippen molar-refractivity contribution in [1.29, 1.82) is 0 Å². The second kappa shape index (κ2) is 4.68. The summed E-state index contributed by atoms with van der Waals surface area (Å²) in [5.74, 6) is 0.936. The Morgan fingerprint density at radius 3 is 2.33 bits per heavy atom. The molecule has 1 atom stereocenters. The van der Waals surface area contributed by atoms with Crippen LogP contribution in [0.2, 0.25) is 0 Å². The molecule has 1 aromatic heterocycles. The van der Waals surface area contributed by atoms with Gasteiger partial charge in [-0.3, -0.25) is 4.90 Å². The number of hydrogen-bond donors (Lipinski definition) is 1. The Labute approximate surface area is 109 Å². The first-order valence-corrected chi connectivity index (χ1v) is 6.51. The van der Waals surface area contributed by atoms with Gasteiger partial charge in [-0.05, 0) is 39.8 Å². The highest BCUT2D eigenvalue weighted by molar-refractivity contribution is 5.07. The van der Waals surface area contributed by atoms with Crippen molar-refractivity contribution in [2.24, 2.45) is 5.73 Å². The van der Waals surface area contributed by atoms with Gasteiger partial charge in [-0.25, -0.2) is 0 Å². The Balaban J connectivity index is 2.21. The van der Waals surface area contributed by atoms with Crippen LogP contribution in [0.25, 0.3) is 0 Å². The topological polar surface area (TPSA) is 51.6 Å². The van der Waals surface area contributed by atoms with E-state index < -0.39 is 0 Å². The largest absolute Gasteiger partial charge is 0.468 e. The Hall–Kier alpha value is -0.840. The number of hydrogen-bond acceptors (Lipinski definition) is 4. The maximum absolute atomic E-state index is 6.09. The van der Waals surface area contributed by atoms with Crippen LogP contribution in [0.3, 0.4) is 0 Å². The second-order valence-electron chi connectivity index (χ2n) is 6.29. The van der Waals surface area contributed by atoms with E-state index in [0.717, 1.165) is 18.8 Å². The molecule has 4 heteroatoms. The van der Waals surface area contributed by atoms with Crippen molar-refractivity contribution < 1.29 is 9.15 Å². The van der Waals surface area contributed by atoms with Gasteiger partial charge in [0, 0.05) is 19.6 Å². The van der Waals surface area contributed by atoms with Gasteiger partial charge in [-0.1, -0.05) is 0 Å². The lowest BCUT2D eigenvalue weighted by atomic mass is 9.96. The van der Waals surface area contributed by atoms with Crippen molar-refractivity contribution in [3.05, 3.63) is 24.2 Å². The highest BCUT2D eigenvalue weighted by Gasteiger charge is 2.41. The Bertz CT molecular complexity index is 369. The Morgan fingerprint density at radius 2 is 1.89 bits per heavy atom. The lowest BCUT2D eigenvalue weighted by Gasteiger charge is -2.49. The molecule has 0 aliphatic carbocycles. The van der Waals surface area contributed by atoms with Crippen molar-refractivity contribution in [1.82, 2.24) is 4.90 Å². The number of ether oxygens (including phenoxy) is 1. The van der Waals surface area contributed by atoms with E-state index in [1.54, 1.807) is 6.26 Å². The SMILES string of the molecule is CC1(C)CN(C(CN)c2ccco2)CC(C)(C)O1. The molecule has 1 aliphatic heterocycles. The van der Waals surface area contributed by atoms with Crippen molar-refractivity contribution in [2.75, 3.05) is 19.6 Å². The van der Waals surface area contributed by atoms with Gasteiger partial charge >= 0.3 is 0 Å². The summed E-state index contributed by atoms with van der Waals surface area (Å²) in [5, 5.41) is 0. The van der Waals surface area contributed by atoms with Crippen LogP contribution in [0.4, 0.5) is 0 Å². The summed E-state index contributed by atoms with van der Waals surface area (Å²) < 4.78 is 11.6. The van der Waals surface area contributed by atoms with Crippen LogP contribution in [0.5, 0.6) is 0 Å². The molecule has 0 spiro atoms. The molecule has 1 saturated heterocycles. The van der Waals surface area contributed by atoms with Crippen LogP contribution in [-0.4, -0.2) is 35.7 Å². The molecular weight excluding hydrogens is 228 g/mol. The van der Waals surface area contributed by atoms with Crippen molar-refractivity contribution in [3.8, 4) is 0 Å². The Morgan fingerprint density at radius 1 is 1.28 bits per heavy atom. The fraction of sp³-hybridized carbons (Fsp3) is 0.714. The minimum absolute atomic E-state index is 0.127. The molecule has 4 nitrogen and oxygen atoms in total. The minimum atomic E-state index is -0.165. The first-order valence-electron chi connectivity index (χ1n) is 6.51. The zero-order chi connectivity index (χ0) is 13.4. The molecule has 1 aliphatic rings. The molecule has 0 bridgehead atoms. The van der Waals surface area contributed by atoms with Crippen LogP contribution < -0.4 is 5.73 Å². The van der Waals surface area contributed by atoms with Gasteiger partial charge < -0.3 is 14.9 Å². The van der Waals surface area contributed by atoms with E-state index in [9.17, 15) is 0 Å². The normalized spacial score (nSPS) is 24.9. The molecule has 0 saturated carbocycles. The lowest BCUT2D eigenvalue weighted by Crippen LogP contribution is -2.58. The van der Waals surface area contributed by atoms with Crippen LogP contribution >= 0.6 is 0 Å². The number of rotatable bonds is 3. The first kappa shape index (κ1) is 13.6. The molecule has 1 aromatic rings. The predicted molar refractivity (Wildman–Crippen MR) is 71.3 cm³/mol. The third kappa shape index (κ3) is 2.94. The molecule has 102 valence electrons. The third-order valence-corrected chi connectivity index (χ3v) is 3.26. The molecule has 18 heavy (non-hydrogen) atoms. The average molecular weight is 252 g/mol. The number of nitrogens with two attached hydrogens (primary N) is 1. The van der Waals surface area contributed by atoms with E-state index in [-0.39, 0.29) is 17.2 Å². The van der Waals surface area contributed by atoms with Crippen molar-refractivity contribution in [3.63, 3.8) is 0 Å². The zero-order valence-electron chi connectivity index (χ0n) is 11.8. The lowest BCUT2D eigenvalue weighted by molar-refractivity contribution is -0.188. The zero-order valence-corrected chi connectivity index (χ0v) is 11.8. The molecular formula is C14H24N2O2. The van der Waals surface area contributed by atoms with Gasteiger partial charge in [0.2, 0.25) is 0 Å². The molecule has 2 N–H and O–H groups in total. The maximum Gasteiger partial charge on any atom is 0.122 e. The van der Waals surface area contributed by atoms with Crippen LogP contribution in [-0.2, 0) is 4.74 Å². The number of nitrogens with zero attached hydrogens (tertiary/aromatic N) is 1. The third-order valence-electron chi connectivity index (χ3n) is 3.26. The van der Waals surface area contributed by atoms with E-state index in [1.807, 2.05) is 12.1 Å². The Kier molecular flexibility index (Phi) is 3.54. The maximum atomic E-state index is 6.09. The van der Waals surface area contributed by atoms with E-state index in [2.05, 4.69) is 32.6 Å². The predicted octanol–water partition coefficient (Wildman–Crippen LogP) is 2.17. The van der Waals surface area contributed by atoms with Gasteiger partial charge in [0.05, 0.1) is 23.5 Å². The fourth-order valence-electron chi connectivity index (χ4n) is 2.99. The number of furan rings is 1. The molecule has 0 aromatic carbocycles. The van der Waals surface area contributed by atoms with Gasteiger partial charge in [0.15, 0.2) is 0 Å². The number of morpholine rings is 1. The molecule has 0 amide bonds. The summed E-state index contributed by atoms with van der Waals surface area (Å²) in [7, 11) is 0. The van der Waals surface area contributed by atoms with E-state index >= 15 is 0 Å². The summed E-state index contributed by atoms with van der Waals surface area (Å²) in [6.45, 7) is 10.8. The highest BCUT2D eigenvalue weighted by atomic mass is 16.5. The van der Waals surface area contributed by atoms with Crippen molar-refractivity contribution in [2.45, 2.75) is 44.9 Å². The van der Waals surface area contributed by atoms with E-state index in [4.69, 9.17) is 14.9 Å². The monoisotopic (exact) mass is 252 g/mol. The molecule has 1 fully saturated rings. The summed E-state index contributed by atoms with van der Waals surface area (Å²) in [6, 6.07) is 4.03. The fourth-order valence-corrected chi connectivity index (χ4v) is 2.99. The van der Waals surface area contributed by atoms with Crippen LogP contribution in [0.1, 0.15) is 39.5 Å². The standard InChI is InChI=1S/C14H24N2O2/c1-13(2)9-16(10-14(3,4)18-13)11(8-15)12-6-5-7-17-12/h5-7,11H,8-10,15H2,1-4H3. The minimum Gasteiger partial charge on any atom is -0.468 e. The van der Waals surface area contributed by atoms with Crippen LogP contribution in [0.15, 0.2) is 22.8 Å². The molecule has 1 unspecified atom stereocenters. The quantitative estimate of drug-likeness (QED) is 0.895. The first-order chi connectivity index (χ1) is 8.33. The summed E-state index contributed by atoms with van der Waals surface area (Å²) in [5.41, 5.74) is 5.60.